The lowest BCUT2D eigenvalue weighted by molar-refractivity contribution is -0.870. The van der Waals surface area contributed by atoms with Crippen molar-refractivity contribution < 1.29 is 42.1 Å². The molecule has 0 aromatic rings. The van der Waals surface area contributed by atoms with Crippen molar-refractivity contribution in [1.82, 2.24) is 0 Å². The number of esters is 2. The standard InChI is InChI=1S/C78H150NO8P/c1-6-8-10-12-14-16-18-20-22-24-26-28-30-32-34-35-36-37-38-39-40-41-42-43-45-47-49-51-53-55-57-59-61-63-65-67-69-71-78(81)87-76(75-86-88(82,83)85-73-72-79(3,4)5)74-84-77(80)70-68-66-64-62-60-58-56-54-52-50-48-46-44-33-31-29-27-25-23-21-19-17-15-13-11-9-7-2/h18,20,24,26,30,32,76H,6-17,19,21-23,25,27-29,31,33-75H2,1-5H3/b20-18-,26-24-,32-30-. The number of hydrogen-bond acceptors (Lipinski definition) is 8. The van der Waals surface area contributed by atoms with Crippen molar-refractivity contribution in [2.45, 2.75) is 405 Å². The number of phosphoric acid groups is 1. The van der Waals surface area contributed by atoms with Gasteiger partial charge in [0, 0.05) is 12.8 Å². The fourth-order valence-corrected chi connectivity index (χ4v) is 12.5. The number of allylic oxidation sites excluding steroid dienone is 6. The van der Waals surface area contributed by atoms with Gasteiger partial charge in [-0.3, -0.25) is 14.2 Å². The number of nitrogens with zero attached hydrogens (tertiary/aromatic N) is 1. The molecular formula is C78H150NO8P. The molecule has 0 N–H and O–H groups in total. The molecule has 0 saturated heterocycles. The lowest BCUT2D eigenvalue weighted by atomic mass is 10.0. The molecule has 0 fully saturated rings. The molecule has 0 heterocycles. The van der Waals surface area contributed by atoms with Crippen LogP contribution in [0, 0.1) is 0 Å². The van der Waals surface area contributed by atoms with E-state index in [1.54, 1.807) is 0 Å². The van der Waals surface area contributed by atoms with Gasteiger partial charge in [0.25, 0.3) is 7.82 Å². The molecule has 0 rings (SSSR count). The topological polar surface area (TPSA) is 111 Å². The van der Waals surface area contributed by atoms with Gasteiger partial charge in [-0.1, -0.05) is 371 Å². The Labute approximate surface area is 548 Å². The van der Waals surface area contributed by atoms with E-state index in [0.29, 0.717) is 17.4 Å². The zero-order valence-corrected chi connectivity index (χ0v) is 60.4. The highest BCUT2D eigenvalue weighted by Gasteiger charge is 2.22. The predicted molar refractivity (Wildman–Crippen MR) is 379 cm³/mol. The number of ether oxygens (including phenoxy) is 2. The van der Waals surface area contributed by atoms with Crippen LogP contribution in [-0.4, -0.2) is 70.0 Å². The van der Waals surface area contributed by atoms with E-state index in [1.807, 2.05) is 21.1 Å². The first-order valence-electron chi connectivity index (χ1n) is 38.7. The average Bonchev–Trinajstić information content (AvgIpc) is 3.68. The fraction of sp³-hybridized carbons (Fsp3) is 0.897. The van der Waals surface area contributed by atoms with Gasteiger partial charge in [-0.2, -0.15) is 0 Å². The molecule has 2 unspecified atom stereocenters. The lowest BCUT2D eigenvalue weighted by Gasteiger charge is -2.28. The molecule has 2 atom stereocenters. The largest absolute Gasteiger partial charge is 0.756 e. The Balaban J connectivity index is 3.92. The van der Waals surface area contributed by atoms with Crippen LogP contribution in [0.5, 0.6) is 0 Å². The molecule has 0 aliphatic rings. The average molecular weight is 1260 g/mol. The first-order valence-corrected chi connectivity index (χ1v) is 40.2. The summed E-state index contributed by atoms with van der Waals surface area (Å²) in [5.74, 6) is -0.807. The summed E-state index contributed by atoms with van der Waals surface area (Å²) in [6, 6.07) is 0. The number of carbonyl (C=O) groups is 2. The SMILES string of the molecule is CCCCCCC/C=C\C/C=C\C/C=C\CCCCCCCCCCCCCCCCCCCCCCCCC(=O)OC(COC(=O)CCCCCCCCCCCCCCCCCCCCCCCCCCCCC)COP(=O)([O-])OCC[N+](C)(C)C. The van der Waals surface area contributed by atoms with Crippen molar-refractivity contribution in [2.24, 2.45) is 0 Å². The summed E-state index contributed by atoms with van der Waals surface area (Å²) in [6.07, 6.45) is 89.7. The summed E-state index contributed by atoms with van der Waals surface area (Å²) >= 11 is 0. The van der Waals surface area contributed by atoms with E-state index in [-0.39, 0.29) is 32.0 Å². The summed E-state index contributed by atoms with van der Waals surface area (Å²) in [4.78, 5) is 38.1. The van der Waals surface area contributed by atoms with Gasteiger partial charge in [0.1, 0.15) is 19.8 Å². The number of quaternary nitrogens is 1. The molecular weight excluding hydrogens is 1110 g/mol. The maximum absolute atomic E-state index is 12.9. The molecule has 0 aromatic heterocycles. The number of likely N-dealkylation sites (N-methyl/N-ethyl adjacent to an activating group) is 1. The highest BCUT2D eigenvalue weighted by atomic mass is 31.2. The number of unbranched alkanes of at least 4 members (excludes halogenated alkanes) is 53. The zero-order chi connectivity index (χ0) is 64.1. The molecule has 0 amide bonds. The maximum atomic E-state index is 12.9. The van der Waals surface area contributed by atoms with Crippen LogP contribution in [0.25, 0.3) is 0 Å². The first kappa shape index (κ1) is 86.2. The van der Waals surface area contributed by atoms with E-state index in [2.05, 4.69) is 50.3 Å². The minimum atomic E-state index is -4.64. The van der Waals surface area contributed by atoms with Crippen molar-refractivity contribution in [3.05, 3.63) is 36.5 Å². The summed E-state index contributed by atoms with van der Waals surface area (Å²) < 4.78 is 34.4. The molecule has 0 aliphatic heterocycles. The number of hydrogen-bond donors (Lipinski definition) is 0. The van der Waals surface area contributed by atoms with E-state index in [1.165, 1.54) is 321 Å². The van der Waals surface area contributed by atoms with Gasteiger partial charge in [0.2, 0.25) is 0 Å². The van der Waals surface area contributed by atoms with Crippen LogP contribution < -0.4 is 4.89 Å². The zero-order valence-electron chi connectivity index (χ0n) is 59.5. The first-order chi connectivity index (χ1) is 43.0. The molecule has 520 valence electrons. The van der Waals surface area contributed by atoms with Crippen LogP contribution in [0.15, 0.2) is 36.5 Å². The number of rotatable bonds is 73. The third kappa shape index (κ3) is 73.3. The Kier molecular flexibility index (Phi) is 68.2. The second-order valence-electron chi connectivity index (χ2n) is 27.7. The van der Waals surface area contributed by atoms with Gasteiger partial charge in [-0.15, -0.1) is 0 Å². The van der Waals surface area contributed by atoms with Gasteiger partial charge >= 0.3 is 11.9 Å². The van der Waals surface area contributed by atoms with E-state index in [0.717, 1.165) is 44.9 Å². The Morgan fingerprint density at radius 2 is 0.614 bits per heavy atom. The molecule has 9 nitrogen and oxygen atoms in total. The van der Waals surface area contributed by atoms with Crippen LogP contribution in [-0.2, 0) is 32.7 Å². The summed E-state index contributed by atoms with van der Waals surface area (Å²) in [5.41, 5.74) is 0. The van der Waals surface area contributed by atoms with Gasteiger partial charge in [-0.25, -0.2) is 0 Å². The van der Waals surface area contributed by atoms with Crippen LogP contribution in [0.4, 0.5) is 0 Å². The molecule has 10 heteroatoms. The van der Waals surface area contributed by atoms with Crippen LogP contribution in [0.1, 0.15) is 399 Å². The highest BCUT2D eigenvalue weighted by Crippen LogP contribution is 2.38. The van der Waals surface area contributed by atoms with Gasteiger partial charge in [-0.05, 0) is 51.4 Å². The van der Waals surface area contributed by atoms with E-state index in [9.17, 15) is 19.0 Å². The molecule has 0 saturated carbocycles. The smallest absolute Gasteiger partial charge is 0.306 e. The third-order valence-corrected chi connectivity index (χ3v) is 18.6. The molecule has 0 bridgehead atoms. The predicted octanol–water partition coefficient (Wildman–Crippen LogP) is 24.8. The maximum Gasteiger partial charge on any atom is 0.306 e. The molecule has 0 spiro atoms. The normalized spacial score (nSPS) is 13.2. The van der Waals surface area contributed by atoms with Crippen LogP contribution >= 0.6 is 7.82 Å². The van der Waals surface area contributed by atoms with Crippen LogP contribution in [0.3, 0.4) is 0 Å². The molecule has 0 aromatic carbocycles. The van der Waals surface area contributed by atoms with E-state index >= 15 is 0 Å². The van der Waals surface area contributed by atoms with Crippen molar-refractivity contribution in [3.63, 3.8) is 0 Å². The summed E-state index contributed by atoms with van der Waals surface area (Å²) in [5, 5.41) is 0. The van der Waals surface area contributed by atoms with Gasteiger partial charge in [0.15, 0.2) is 6.10 Å². The van der Waals surface area contributed by atoms with Gasteiger partial charge in [0.05, 0.1) is 27.7 Å². The van der Waals surface area contributed by atoms with Crippen molar-refractivity contribution in [3.8, 4) is 0 Å². The Morgan fingerprint density at radius 1 is 0.352 bits per heavy atom. The second kappa shape index (κ2) is 69.6. The van der Waals surface area contributed by atoms with E-state index in [4.69, 9.17) is 18.5 Å². The Hall–Kier alpha value is -1.77. The third-order valence-electron chi connectivity index (χ3n) is 17.7. The minimum Gasteiger partial charge on any atom is -0.756 e. The quantitative estimate of drug-likeness (QED) is 0.0195. The molecule has 88 heavy (non-hydrogen) atoms. The van der Waals surface area contributed by atoms with Crippen molar-refractivity contribution >= 4 is 19.8 Å². The Bertz CT molecular complexity index is 1580. The number of carbonyl (C=O) groups excluding carboxylic acids is 2. The fourth-order valence-electron chi connectivity index (χ4n) is 11.7. The minimum absolute atomic E-state index is 0.0269. The van der Waals surface area contributed by atoms with Crippen molar-refractivity contribution in [2.75, 3.05) is 47.5 Å². The molecule has 0 aliphatic carbocycles. The van der Waals surface area contributed by atoms with Gasteiger partial charge < -0.3 is 27.9 Å². The summed E-state index contributed by atoms with van der Waals surface area (Å²) in [7, 11) is 1.19. The van der Waals surface area contributed by atoms with Crippen LogP contribution in [0.2, 0.25) is 0 Å². The summed E-state index contributed by atoms with van der Waals surface area (Å²) in [6.45, 7) is 4.31. The molecule has 0 radical (unpaired) electrons. The monoisotopic (exact) mass is 1260 g/mol. The van der Waals surface area contributed by atoms with E-state index < -0.39 is 26.5 Å². The highest BCUT2D eigenvalue weighted by molar-refractivity contribution is 7.45. The number of phosphoric ester groups is 1. The Morgan fingerprint density at radius 3 is 0.909 bits per heavy atom. The second-order valence-corrected chi connectivity index (χ2v) is 29.1. The lowest BCUT2D eigenvalue weighted by Crippen LogP contribution is -2.37. The van der Waals surface area contributed by atoms with Crippen molar-refractivity contribution in [1.29, 1.82) is 0 Å².